The highest BCUT2D eigenvalue weighted by molar-refractivity contribution is 7.84. The largest absolute Gasteiger partial charge is 0.310 e. The molecule has 3 nitrogen and oxygen atoms in total. The van der Waals surface area contributed by atoms with Gasteiger partial charge in [0.1, 0.15) is 0 Å². The van der Waals surface area contributed by atoms with Gasteiger partial charge in [-0.25, -0.2) is 0 Å². The van der Waals surface area contributed by atoms with Gasteiger partial charge in [-0.2, -0.15) is 0 Å². The van der Waals surface area contributed by atoms with E-state index in [2.05, 4.69) is 37.1 Å². The summed E-state index contributed by atoms with van der Waals surface area (Å²) >= 11 is 0. The van der Waals surface area contributed by atoms with Crippen molar-refractivity contribution in [2.75, 3.05) is 18.6 Å². The number of nitrogens with zero attached hydrogens (tertiary/aromatic N) is 1. The topological polar surface area (TPSA) is 42.0 Å². The molecule has 4 heteroatoms. The summed E-state index contributed by atoms with van der Waals surface area (Å²) < 4.78 is 11.0. The molecule has 0 amide bonds. The molecule has 102 valence electrons. The van der Waals surface area contributed by atoms with Gasteiger partial charge >= 0.3 is 0 Å². The smallest absolute Gasteiger partial charge is 0.0426 e. The normalized spacial score (nSPS) is 14.5. The van der Waals surface area contributed by atoms with Crippen molar-refractivity contribution >= 4 is 10.8 Å². The molecule has 0 aliphatic rings. The number of aromatic nitrogens is 1. The predicted molar refractivity (Wildman–Crippen MR) is 78.4 cm³/mol. The Labute approximate surface area is 113 Å². The van der Waals surface area contributed by atoms with Gasteiger partial charge in [0.15, 0.2) is 0 Å². The van der Waals surface area contributed by atoms with E-state index in [-0.39, 0.29) is 0 Å². The van der Waals surface area contributed by atoms with Crippen LogP contribution in [0.3, 0.4) is 0 Å². The Morgan fingerprint density at radius 3 is 2.61 bits per heavy atom. The second kappa shape index (κ2) is 7.00. The predicted octanol–water partition coefficient (Wildman–Crippen LogP) is 2.43. The molecule has 1 heterocycles. The van der Waals surface area contributed by atoms with E-state index >= 15 is 0 Å². The third-order valence-corrected chi connectivity index (χ3v) is 3.94. The monoisotopic (exact) mass is 268 g/mol. The second-order valence-corrected chi connectivity index (χ2v) is 6.44. The van der Waals surface area contributed by atoms with Crippen LogP contribution < -0.4 is 5.32 Å². The SMILES string of the molecule is Cc1cc(C)c(C(C)NCCCS(C)=O)c(C)n1. The van der Waals surface area contributed by atoms with Gasteiger partial charge in [-0.3, -0.25) is 9.19 Å². The maximum Gasteiger partial charge on any atom is 0.0426 e. The van der Waals surface area contributed by atoms with Crippen molar-refractivity contribution in [3.8, 4) is 0 Å². The number of nitrogens with one attached hydrogen (secondary N) is 1. The maximum atomic E-state index is 11.0. The van der Waals surface area contributed by atoms with Crippen molar-refractivity contribution in [1.29, 1.82) is 0 Å². The molecule has 1 rings (SSSR count). The summed E-state index contributed by atoms with van der Waals surface area (Å²) in [6, 6.07) is 2.42. The lowest BCUT2D eigenvalue weighted by molar-refractivity contribution is 0.563. The van der Waals surface area contributed by atoms with E-state index in [0.717, 1.165) is 30.1 Å². The van der Waals surface area contributed by atoms with E-state index in [1.54, 1.807) is 6.26 Å². The molecule has 1 N–H and O–H groups in total. The van der Waals surface area contributed by atoms with Crippen LogP contribution in [0.4, 0.5) is 0 Å². The minimum Gasteiger partial charge on any atom is -0.310 e. The summed E-state index contributed by atoms with van der Waals surface area (Å²) in [4.78, 5) is 4.52. The van der Waals surface area contributed by atoms with E-state index < -0.39 is 10.8 Å². The summed E-state index contributed by atoms with van der Waals surface area (Å²) in [7, 11) is -0.689. The molecule has 0 spiro atoms. The number of hydrogen-bond donors (Lipinski definition) is 1. The molecule has 0 aromatic carbocycles. The van der Waals surface area contributed by atoms with Crippen molar-refractivity contribution < 1.29 is 4.21 Å². The Kier molecular flexibility index (Phi) is 5.96. The molecule has 0 bridgehead atoms. The Hall–Kier alpha value is -0.740. The molecule has 0 radical (unpaired) electrons. The van der Waals surface area contributed by atoms with Crippen molar-refractivity contribution in [2.24, 2.45) is 0 Å². The van der Waals surface area contributed by atoms with Crippen LogP contribution in [0.5, 0.6) is 0 Å². The quantitative estimate of drug-likeness (QED) is 0.806. The highest BCUT2D eigenvalue weighted by atomic mass is 32.2. The summed E-state index contributed by atoms with van der Waals surface area (Å²) in [5.41, 5.74) is 4.76. The zero-order chi connectivity index (χ0) is 13.7. The molecular formula is C14H24N2OS. The van der Waals surface area contributed by atoms with E-state index in [1.165, 1.54) is 11.1 Å². The van der Waals surface area contributed by atoms with Gasteiger partial charge in [0.25, 0.3) is 0 Å². The number of aryl methyl sites for hydroxylation is 3. The van der Waals surface area contributed by atoms with Crippen molar-refractivity contribution in [2.45, 2.75) is 40.2 Å². The highest BCUT2D eigenvalue weighted by Gasteiger charge is 2.12. The summed E-state index contributed by atoms with van der Waals surface area (Å²) in [6.07, 6.45) is 2.70. The lowest BCUT2D eigenvalue weighted by atomic mass is 10.0. The molecule has 2 unspecified atom stereocenters. The van der Waals surface area contributed by atoms with Gasteiger partial charge in [0.05, 0.1) is 0 Å². The Balaban J connectivity index is 2.61. The molecule has 0 saturated carbocycles. The van der Waals surface area contributed by atoms with Crippen LogP contribution in [0, 0.1) is 20.8 Å². The molecule has 0 saturated heterocycles. The van der Waals surface area contributed by atoms with Gasteiger partial charge in [-0.1, -0.05) is 0 Å². The zero-order valence-corrected chi connectivity index (χ0v) is 12.9. The first-order valence-corrected chi connectivity index (χ1v) is 8.12. The van der Waals surface area contributed by atoms with Gasteiger partial charge in [0, 0.05) is 40.2 Å². The lowest BCUT2D eigenvalue weighted by Crippen LogP contribution is -2.23. The summed E-state index contributed by atoms with van der Waals surface area (Å²) in [5, 5.41) is 3.48. The molecular weight excluding hydrogens is 244 g/mol. The third kappa shape index (κ3) is 4.50. The Bertz CT molecular complexity index is 409. The molecule has 18 heavy (non-hydrogen) atoms. The molecule has 2 atom stereocenters. The first-order valence-electron chi connectivity index (χ1n) is 6.40. The van der Waals surface area contributed by atoms with Crippen LogP contribution in [-0.4, -0.2) is 27.7 Å². The van der Waals surface area contributed by atoms with E-state index in [4.69, 9.17) is 0 Å². The fourth-order valence-electron chi connectivity index (χ4n) is 2.38. The van der Waals surface area contributed by atoms with Crippen LogP contribution >= 0.6 is 0 Å². The van der Waals surface area contributed by atoms with Gasteiger partial charge < -0.3 is 5.32 Å². The number of hydrogen-bond acceptors (Lipinski definition) is 3. The van der Waals surface area contributed by atoms with Crippen LogP contribution in [0.1, 0.15) is 41.9 Å². The average molecular weight is 268 g/mol. The van der Waals surface area contributed by atoms with E-state index in [1.807, 2.05) is 6.92 Å². The first-order chi connectivity index (χ1) is 8.41. The van der Waals surface area contributed by atoms with E-state index in [0.29, 0.717) is 6.04 Å². The number of rotatable bonds is 6. The van der Waals surface area contributed by atoms with Crippen LogP contribution in [0.2, 0.25) is 0 Å². The van der Waals surface area contributed by atoms with Crippen LogP contribution in [0.25, 0.3) is 0 Å². The highest BCUT2D eigenvalue weighted by Crippen LogP contribution is 2.20. The zero-order valence-electron chi connectivity index (χ0n) is 12.0. The Morgan fingerprint density at radius 1 is 1.39 bits per heavy atom. The van der Waals surface area contributed by atoms with Gasteiger partial charge in [0.2, 0.25) is 0 Å². The molecule has 0 aliphatic carbocycles. The van der Waals surface area contributed by atoms with Crippen molar-refractivity contribution in [3.63, 3.8) is 0 Å². The first kappa shape index (κ1) is 15.3. The number of pyridine rings is 1. The fourth-order valence-corrected chi connectivity index (χ4v) is 2.94. The fraction of sp³-hybridized carbons (Fsp3) is 0.643. The van der Waals surface area contributed by atoms with Gasteiger partial charge in [-0.15, -0.1) is 0 Å². The van der Waals surface area contributed by atoms with Crippen LogP contribution in [0.15, 0.2) is 6.07 Å². The second-order valence-electron chi connectivity index (χ2n) is 4.89. The van der Waals surface area contributed by atoms with Crippen molar-refractivity contribution in [1.82, 2.24) is 10.3 Å². The lowest BCUT2D eigenvalue weighted by Gasteiger charge is -2.19. The third-order valence-electron chi connectivity index (χ3n) is 3.08. The maximum absolute atomic E-state index is 11.0. The molecule has 1 aromatic heterocycles. The minimum absolute atomic E-state index is 0.295. The summed E-state index contributed by atoms with van der Waals surface area (Å²) in [5.74, 6) is 0.768. The molecule has 0 fully saturated rings. The van der Waals surface area contributed by atoms with E-state index in [9.17, 15) is 4.21 Å². The minimum atomic E-state index is -0.689. The molecule has 1 aromatic rings. The Morgan fingerprint density at radius 2 is 2.06 bits per heavy atom. The summed E-state index contributed by atoms with van der Waals surface area (Å²) in [6.45, 7) is 9.28. The molecule has 0 aliphatic heterocycles. The van der Waals surface area contributed by atoms with Crippen LogP contribution in [-0.2, 0) is 10.8 Å². The average Bonchev–Trinajstić information content (AvgIpc) is 2.22. The van der Waals surface area contributed by atoms with Crippen molar-refractivity contribution in [3.05, 3.63) is 28.6 Å². The standard InChI is InChI=1S/C14H24N2OS/c1-10-9-11(2)16-13(4)14(10)12(3)15-7-6-8-18(5)17/h9,12,15H,6-8H2,1-5H3. The van der Waals surface area contributed by atoms with Gasteiger partial charge in [-0.05, 0) is 57.9 Å².